The average molecular weight is 399 g/mol. The van der Waals surface area contributed by atoms with Gasteiger partial charge in [-0.15, -0.1) is 0 Å². The molecule has 8 nitrogen and oxygen atoms in total. The van der Waals surface area contributed by atoms with Crippen LogP contribution in [0.1, 0.15) is 12.0 Å². The van der Waals surface area contributed by atoms with E-state index in [1.54, 1.807) is 7.11 Å². The topological polar surface area (TPSA) is 127 Å². The zero-order chi connectivity index (χ0) is 20.8. The van der Waals surface area contributed by atoms with E-state index in [0.29, 0.717) is 26.0 Å². The number of amides is 2. The molecule has 1 aliphatic heterocycles. The third-order valence-corrected chi connectivity index (χ3v) is 4.84. The van der Waals surface area contributed by atoms with Crippen molar-refractivity contribution in [1.29, 1.82) is 0 Å². The van der Waals surface area contributed by atoms with Gasteiger partial charge in [-0.3, -0.25) is 19.7 Å². The van der Waals surface area contributed by atoms with Crippen molar-refractivity contribution >= 4 is 28.6 Å². The lowest BCUT2D eigenvalue weighted by Gasteiger charge is -2.19. The SMILES string of the molecule is COCCCNC(=O)[C@H](Cc1ccc2ccccc2c1)NC(=O)[C@@H]1N[C@H]1C(=O)O. The number of benzene rings is 2. The summed E-state index contributed by atoms with van der Waals surface area (Å²) in [7, 11) is 1.59. The Hall–Kier alpha value is -2.97. The van der Waals surface area contributed by atoms with Gasteiger partial charge in [0.25, 0.3) is 0 Å². The Morgan fingerprint density at radius 1 is 1.14 bits per heavy atom. The first-order chi connectivity index (χ1) is 14.0. The summed E-state index contributed by atoms with van der Waals surface area (Å²) < 4.78 is 4.97. The molecule has 4 N–H and O–H groups in total. The first kappa shape index (κ1) is 20.8. The van der Waals surface area contributed by atoms with E-state index in [0.717, 1.165) is 16.3 Å². The molecular weight excluding hydrogens is 374 g/mol. The number of carboxylic acids is 1. The van der Waals surface area contributed by atoms with E-state index in [1.165, 1.54) is 0 Å². The van der Waals surface area contributed by atoms with Gasteiger partial charge in [0.2, 0.25) is 11.8 Å². The summed E-state index contributed by atoms with van der Waals surface area (Å²) in [6, 6.07) is 11.3. The highest BCUT2D eigenvalue weighted by Crippen LogP contribution is 2.17. The molecule has 0 saturated carbocycles. The van der Waals surface area contributed by atoms with Gasteiger partial charge in [0.1, 0.15) is 18.1 Å². The smallest absolute Gasteiger partial charge is 0.322 e. The second kappa shape index (κ2) is 9.49. The van der Waals surface area contributed by atoms with Gasteiger partial charge in [-0.25, -0.2) is 0 Å². The van der Waals surface area contributed by atoms with Gasteiger partial charge in [-0.1, -0.05) is 42.5 Å². The van der Waals surface area contributed by atoms with Gasteiger partial charge in [0, 0.05) is 26.7 Å². The third-order valence-electron chi connectivity index (χ3n) is 4.84. The molecule has 0 aromatic heterocycles. The zero-order valence-electron chi connectivity index (χ0n) is 16.2. The first-order valence-electron chi connectivity index (χ1n) is 9.53. The van der Waals surface area contributed by atoms with Gasteiger partial charge in [-0.2, -0.15) is 0 Å². The molecule has 8 heteroatoms. The Morgan fingerprint density at radius 3 is 2.59 bits per heavy atom. The molecule has 0 unspecified atom stereocenters. The fourth-order valence-corrected chi connectivity index (χ4v) is 3.20. The summed E-state index contributed by atoms with van der Waals surface area (Å²) in [6.45, 7) is 0.949. The van der Waals surface area contributed by atoms with Crippen LogP contribution in [0, 0.1) is 0 Å². The number of carbonyl (C=O) groups excluding carboxylic acids is 2. The van der Waals surface area contributed by atoms with Crippen molar-refractivity contribution in [2.45, 2.75) is 31.0 Å². The molecule has 0 radical (unpaired) electrons. The maximum atomic E-state index is 12.7. The summed E-state index contributed by atoms with van der Waals surface area (Å²) >= 11 is 0. The number of nitrogens with one attached hydrogen (secondary N) is 3. The van der Waals surface area contributed by atoms with Gasteiger partial charge >= 0.3 is 5.97 Å². The van der Waals surface area contributed by atoms with Crippen molar-refractivity contribution < 1.29 is 24.2 Å². The van der Waals surface area contributed by atoms with Crippen molar-refractivity contribution in [3.05, 3.63) is 48.0 Å². The minimum atomic E-state index is -1.08. The van der Waals surface area contributed by atoms with Crippen LogP contribution in [0.25, 0.3) is 10.8 Å². The average Bonchev–Trinajstić information content (AvgIpc) is 3.52. The van der Waals surface area contributed by atoms with Crippen molar-refractivity contribution in [3.8, 4) is 0 Å². The third kappa shape index (κ3) is 5.52. The second-order valence-electron chi connectivity index (χ2n) is 7.04. The van der Waals surface area contributed by atoms with Crippen LogP contribution in [-0.2, 0) is 25.5 Å². The van der Waals surface area contributed by atoms with E-state index in [1.807, 2.05) is 42.5 Å². The van der Waals surface area contributed by atoms with E-state index in [2.05, 4.69) is 16.0 Å². The standard InChI is InChI=1S/C21H25N3O5/c1-29-10-4-9-22-19(25)16(23-20(26)17-18(24-17)21(27)28)12-13-7-8-14-5-2-3-6-15(14)11-13/h2-3,5-8,11,16-18,24H,4,9-10,12H2,1H3,(H,22,25)(H,23,26)(H,27,28)/t16-,17+,18+/m0/s1. The normalized spacial score (nSPS) is 18.8. The predicted molar refractivity (Wildman–Crippen MR) is 107 cm³/mol. The summed E-state index contributed by atoms with van der Waals surface area (Å²) in [5, 5.41) is 19.2. The molecule has 0 bridgehead atoms. The van der Waals surface area contributed by atoms with Crippen LogP contribution in [0.5, 0.6) is 0 Å². The lowest BCUT2D eigenvalue weighted by Crippen LogP contribution is -2.50. The lowest BCUT2D eigenvalue weighted by atomic mass is 10.0. The number of methoxy groups -OCH3 is 1. The summed E-state index contributed by atoms with van der Waals surface area (Å²) in [5.41, 5.74) is 0.902. The van der Waals surface area contributed by atoms with E-state index < -0.39 is 30.0 Å². The second-order valence-corrected chi connectivity index (χ2v) is 7.04. The van der Waals surface area contributed by atoms with E-state index in [9.17, 15) is 14.4 Å². The Kier molecular flexibility index (Phi) is 6.79. The van der Waals surface area contributed by atoms with Crippen molar-refractivity contribution in [3.63, 3.8) is 0 Å². The maximum Gasteiger partial charge on any atom is 0.322 e. The Morgan fingerprint density at radius 2 is 1.90 bits per heavy atom. The van der Waals surface area contributed by atoms with Crippen LogP contribution < -0.4 is 16.0 Å². The number of fused-ring (bicyclic) bond motifs is 1. The number of carboxylic acid groups (broad SMARTS) is 1. The highest BCUT2D eigenvalue weighted by molar-refractivity contribution is 5.97. The highest BCUT2D eigenvalue weighted by Gasteiger charge is 2.48. The fraction of sp³-hybridized carbons (Fsp3) is 0.381. The number of aliphatic carboxylic acids is 1. The van der Waals surface area contributed by atoms with Gasteiger partial charge in [0.05, 0.1) is 0 Å². The number of ether oxygens (including phenoxy) is 1. The predicted octanol–water partition coefficient (Wildman–Crippen LogP) is 0.445. The van der Waals surface area contributed by atoms with Crippen LogP contribution in [-0.4, -0.2) is 61.3 Å². The molecule has 3 atom stereocenters. The van der Waals surface area contributed by atoms with Gasteiger partial charge in [0.15, 0.2) is 0 Å². The van der Waals surface area contributed by atoms with Crippen molar-refractivity contribution in [2.24, 2.45) is 0 Å². The molecule has 0 spiro atoms. The zero-order valence-corrected chi connectivity index (χ0v) is 16.2. The molecule has 29 heavy (non-hydrogen) atoms. The molecule has 2 aromatic rings. The van der Waals surface area contributed by atoms with Crippen molar-refractivity contribution in [1.82, 2.24) is 16.0 Å². The number of carbonyl (C=O) groups is 3. The lowest BCUT2D eigenvalue weighted by molar-refractivity contribution is -0.137. The molecule has 2 amide bonds. The minimum absolute atomic E-state index is 0.303. The summed E-state index contributed by atoms with van der Waals surface area (Å²) in [4.78, 5) is 36.0. The molecular formula is C21H25N3O5. The molecule has 154 valence electrons. The summed E-state index contributed by atoms with van der Waals surface area (Å²) in [6.07, 6.45) is 0.960. The van der Waals surface area contributed by atoms with E-state index in [4.69, 9.17) is 9.84 Å². The number of rotatable bonds is 10. The van der Waals surface area contributed by atoms with Crippen LogP contribution in [0.3, 0.4) is 0 Å². The highest BCUT2D eigenvalue weighted by atomic mass is 16.5. The first-order valence-corrected chi connectivity index (χ1v) is 9.53. The monoisotopic (exact) mass is 399 g/mol. The number of hydrogen-bond donors (Lipinski definition) is 4. The maximum absolute atomic E-state index is 12.7. The minimum Gasteiger partial charge on any atom is -0.480 e. The van der Waals surface area contributed by atoms with Crippen LogP contribution in [0.15, 0.2) is 42.5 Å². The molecule has 0 aliphatic carbocycles. The molecule has 1 fully saturated rings. The molecule has 1 heterocycles. The summed E-state index contributed by atoms with van der Waals surface area (Å²) in [5.74, 6) is -1.88. The molecule has 3 rings (SSSR count). The Balaban J connectivity index is 1.69. The molecule has 1 saturated heterocycles. The van der Waals surface area contributed by atoms with E-state index >= 15 is 0 Å². The van der Waals surface area contributed by atoms with Crippen molar-refractivity contribution in [2.75, 3.05) is 20.3 Å². The van der Waals surface area contributed by atoms with Gasteiger partial charge < -0.3 is 20.5 Å². The van der Waals surface area contributed by atoms with Crippen LogP contribution in [0.4, 0.5) is 0 Å². The fourth-order valence-electron chi connectivity index (χ4n) is 3.20. The van der Waals surface area contributed by atoms with E-state index in [-0.39, 0.29) is 5.91 Å². The number of hydrogen-bond acceptors (Lipinski definition) is 5. The largest absolute Gasteiger partial charge is 0.480 e. The Bertz CT molecular complexity index is 901. The Labute approximate surface area is 168 Å². The van der Waals surface area contributed by atoms with Crippen LogP contribution >= 0.6 is 0 Å². The molecule has 2 aromatic carbocycles. The van der Waals surface area contributed by atoms with Crippen LogP contribution in [0.2, 0.25) is 0 Å². The molecule has 1 aliphatic rings. The quantitative estimate of drug-likeness (QED) is 0.339. The van der Waals surface area contributed by atoms with Gasteiger partial charge in [-0.05, 0) is 22.8 Å².